The van der Waals surface area contributed by atoms with Crippen LogP contribution in [-0.4, -0.2) is 20.6 Å². The van der Waals surface area contributed by atoms with Crippen LogP contribution in [0.2, 0.25) is 0 Å². The number of nitriles is 1. The second-order valence-corrected chi connectivity index (χ2v) is 4.14. The van der Waals surface area contributed by atoms with Gasteiger partial charge in [0.05, 0.1) is 4.47 Å². The zero-order valence-corrected chi connectivity index (χ0v) is 9.63. The Morgan fingerprint density at radius 3 is 3.00 bits per heavy atom. The van der Waals surface area contributed by atoms with E-state index in [-0.39, 0.29) is 0 Å². The van der Waals surface area contributed by atoms with Crippen LogP contribution in [0.5, 0.6) is 0 Å². The van der Waals surface area contributed by atoms with Gasteiger partial charge in [-0.3, -0.25) is 4.40 Å². The second-order valence-electron chi connectivity index (χ2n) is 2.52. The maximum atomic E-state index is 8.84. The fraction of sp³-hybridized carbons (Fsp3) is 0.125. The van der Waals surface area contributed by atoms with Gasteiger partial charge in [-0.25, -0.2) is 9.97 Å². The van der Waals surface area contributed by atoms with Crippen molar-refractivity contribution in [1.82, 2.24) is 14.4 Å². The maximum absolute atomic E-state index is 8.84. The van der Waals surface area contributed by atoms with Gasteiger partial charge in [0, 0.05) is 6.20 Å². The molecule has 0 saturated heterocycles. The number of aromatic nitrogens is 3. The van der Waals surface area contributed by atoms with Gasteiger partial charge in [0.2, 0.25) is 0 Å². The molecule has 0 bridgehead atoms. The van der Waals surface area contributed by atoms with Crippen LogP contribution in [0, 0.1) is 11.3 Å². The highest BCUT2D eigenvalue weighted by atomic mass is 79.9. The first-order valence-electron chi connectivity index (χ1n) is 3.73. The second kappa shape index (κ2) is 3.59. The summed E-state index contributed by atoms with van der Waals surface area (Å²) in [5, 5.41) is 9.66. The molecule has 4 nitrogen and oxygen atoms in total. The normalized spacial score (nSPS) is 10.4. The SMILES string of the molecule is CSc1ncc(Br)c2c(C#N)ncn12. The standard InChI is InChI=1S/C8H5BrN4S/c1-14-8-11-3-5(9)7-6(2-10)12-4-13(7)8/h3-4H,1H3. The molecule has 0 fully saturated rings. The van der Waals surface area contributed by atoms with Gasteiger partial charge in [-0.1, -0.05) is 11.8 Å². The van der Waals surface area contributed by atoms with E-state index in [0.717, 1.165) is 15.1 Å². The zero-order chi connectivity index (χ0) is 10.1. The van der Waals surface area contributed by atoms with Crippen molar-refractivity contribution >= 4 is 33.2 Å². The van der Waals surface area contributed by atoms with Crippen molar-refractivity contribution in [3.63, 3.8) is 0 Å². The number of hydrogen-bond acceptors (Lipinski definition) is 4. The van der Waals surface area contributed by atoms with Crippen molar-refractivity contribution in [3.05, 3.63) is 22.7 Å². The fourth-order valence-electron chi connectivity index (χ4n) is 1.19. The van der Waals surface area contributed by atoms with Gasteiger partial charge in [-0.15, -0.1) is 0 Å². The van der Waals surface area contributed by atoms with Crippen LogP contribution in [0.4, 0.5) is 0 Å². The number of thioether (sulfide) groups is 1. The van der Waals surface area contributed by atoms with E-state index in [1.54, 1.807) is 16.9 Å². The monoisotopic (exact) mass is 268 g/mol. The zero-order valence-electron chi connectivity index (χ0n) is 7.23. The molecule has 0 aromatic carbocycles. The topological polar surface area (TPSA) is 54.0 Å². The minimum absolute atomic E-state index is 0.412. The number of imidazole rings is 1. The third-order valence-corrected chi connectivity index (χ3v) is 3.02. The lowest BCUT2D eigenvalue weighted by Gasteiger charge is -2.01. The summed E-state index contributed by atoms with van der Waals surface area (Å²) >= 11 is 4.86. The number of hydrogen-bond donors (Lipinski definition) is 0. The average molecular weight is 269 g/mol. The molecule has 6 heteroatoms. The Bertz CT molecular complexity index is 528. The summed E-state index contributed by atoms with van der Waals surface area (Å²) in [6.45, 7) is 0. The molecule has 0 spiro atoms. The highest BCUT2D eigenvalue weighted by Crippen LogP contribution is 2.23. The van der Waals surface area contributed by atoms with Gasteiger partial charge in [0.1, 0.15) is 17.9 Å². The van der Waals surface area contributed by atoms with E-state index < -0.39 is 0 Å². The van der Waals surface area contributed by atoms with Gasteiger partial charge in [0.15, 0.2) is 10.9 Å². The summed E-state index contributed by atoms with van der Waals surface area (Å²) in [7, 11) is 0. The van der Waals surface area contributed by atoms with Crippen LogP contribution in [-0.2, 0) is 0 Å². The molecular weight excluding hydrogens is 264 g/mol. The molecule has 0 unspecified atom stereocenters. The lowest BCUT2D eigenvalue weighted by molar-refractivity contribution is 0.895. The van der Waals surface area contributed by atoms with E-state index in [4.69, 9.17) is 5.26 Å². The molecule has 2 rings (SSSR count). The quantitative estimate of drug-likeness (QED) is 0.587. The molecule has 0 N–H and O–H groups in total. The van der Waals surface area contributed by atoms with Gasteiger partial charge >= 0.3 is 0 Å². The third-order valence-electron chi connectivity index (χ3n) is 1.78. The van der Waals surface area contributed by atoms with Crippen molar-refractivity contribution in [1.29, 1.82) is 5.26 Å². The molecule has 70 valence electrons. The molecule has 0 aliphatic carbocycles. The van der Waals surface area contributed by atoms with Crippen molar-refractivity contribution in [2.45, 2.75) is 5.16 Å². The first kappa shape index (κ1) is 9.49. The van der Waals surface area contributed by atoms with Crippen LogP contribution in [0.1, 0.15) is 5.69 Å². The van der Waals surface area contributed by atoms with E-state index in [2.05, 4.69) is 25.9 Å². The smallest absolute Gasteiger partial charge is 0.173 e. The summed E-state index contributed by atoms with van der Waals surface area (Å²) < 4.78 is 2.58. The molecule has 0 aliphatic rings. The van der Waals surface area contributed by atoms with Crippen LogP contribution < -0.4 is 0 Å². The van der Waals surface area contributed by atoms with E-state index >= 15 is 0 Å². The summed E-state index contributed by atoms with van der Waals surface area (Å²) in [5.74, 6) is 0. The Morgan fingerprint density at radius 2 is 2.36 bits per heavy atom. The Hall–Kier alpha value is -1.06. The first-order chi connectivity index (χ1) is 6.77. The predicted octanol–water partition coefficient (Wildman–Crippen LogP) is 2.09. The maximum Gasteiger partial charge on any atom is 0.173 e. The van der Waals surface area contributed by atoms with Crippen molar-refractivity contribution in [3.8, 4) is 6.07 Å². The minimum atomic E-state index is 0.412. The Morgan fingerprint density at radius 1 is 1.57 bits per heavy atom. The number of halogens is 1. The van der Waals surface area contributed by atoms with E-state index in [1.807, 2.05) is 12.3 Å². The highest BCUT2D eigenvalue weighted by molar-refractivity contribution is 9.10. The molecule has 0 aliphatic heterocycles. The lowest BCUT2D eigenvalue weighted by Crippen LogP contribution is -1.92. The van der Waals surface area contributed by atoms with Gasteiger partial charge in [0.25, 0.3) is 0 Å². The molecule has 2 aromatic rings. The van der Waals surface area contributed by atoms with Crippen LogP contribution in [0.25, 0.3) is 5.52 Å². The molecular formula is C8H5BrN4S. The molecule has 0 saturated carbocycles. The predicted molar refractivity (Wildman–Crippen MR) is 57.2 cm³/mol. The van der Waals surface area contributed by atoms with Crippen LogP contribution in [0.3, 0.4) is 0 Å². The van der Waals surface area contributed by atoms with E-state index in [1.165, 1.54) is 11.8 Å². The molecule has 2 aromatic heterocycles. The molecule has 0 radical (unpaired) electrons. The van der Waals surface area contributed by atoms with Crippen molar-refractivity contribution in [2.75, 3.05) is 6.26 Å². The highest BCUT2D eigenvalue weighted by Gasteiger charge is 2.10. The van der Waals surface area contributed by atoms with Gasteiger partial charge in [-0.2, -0.15) is 5.26 Å². The van der Waals surface area contributed by atoms with Crippen LogP contribution >= 0.6 is 27.7 Å². The van der Waals surface area contributed by atoms with E-state index in [9.17, 15) is 0 Å². The van der Waals surface area contributed by atoms with Crippen molar-refractivity contribution < 1.29 is 0 Å². The Labute approximate surface area is 93.1 Å². The summed E-state index contributed by atoms with van der Waals surface area (Å²) in [6, 6.07) is 2.04. The molecule has 0 atom stereocenters. The molecule has 2 heterocycles. The summed E-state index contributed by atoms with van der Waals surface area (Å²) in [5.41, 5.74) is 1.18. The van der Waals surface area contributed by atoms with Gasteiger partial charge in [-0.05, 0) is 22.2 Å². The number of nitrogens with zero attached hydrogens (tertiary/aromatic N) is 4. The first-order valence-corrected chi connectivity index (χ1v) is 5.75. The van der Waals surface area contributed by atoms with Crippen LogP contribution in [0.15, 0.2) is 22.2 Å². The largest absolute Gasteiger partial charge is 0.275 e. The fourth-order valence-corrected chi connectivity index (χ4v) is 2.16. The summed E-state index contributed by atoms with van der Waals surface area (Å²) in [6.07, 6.45) is 5.23. The third kappa shape index (κ3) is 1.29. The summed E-state index contributed by atoms with van der Waals surface area (Å²) in [4.78, 5) is 8.20. The van der Waals surface area contributed by atoms with Crippen molar-refractivity contribution in [2.24, 2.45) is 0 Å². The van der Waals surface area contributed by atoms with E-state index in [0.29, 0.717) is 5.69 Å². The average Bonchev–Trinajstić information content (AvgIpc) is 2.63. The Kier molecular flexibility index (Phi) is 2.44. The minimum Gasteiger partial charge on any atom is -0.275 e. The number of fused-ring (bicyclic) bond motifs is 1. The molecule has 0 amide bonds. The molecule has 14 heavy (non-hydrogen) atoms. The lowest BCUT2D eigenvalue weighted by atomic mass is 10.4. The van der Waals surface area contributed by atoms with Gasteiger partial charge < -0.3 is 0 Å². The number of rotatable bonds is 1. The Balaban J connectivity index is 2.89.